The smallest absolute Gasteiger partial charge is 0.216 e. The molecule has 0 radical (unpaired) electrons. The van der Waals surface area contributed by atoms with Gasteiger partial charge in [0.05, 0.1) is 18.5 Å². The van der Waals surface area contributed by atoms with Gasteiger partial charge in [-0.3, -0.25) is 4.90 Å². The minimum Gasteiger partial charge on any atom is -0.399 e. The summed E-state index contributed by atoms with van der Waals surface area (Å²) in [5, 5.41) is 0. The van der Waals surface area contributed by atoms with Gasteiger partial charge in [-0.15, -0.1) is 12.4 Å². The summed E-state index contributed by atoms with van der Waals surface area (Å²) in [6.07, 6.45) is 0.0559. The van der Waals surface area contributed by atoms with Crippen LogP contribution in [0.2, 0.25) is 0 Å². The highest BCUT2D eigenvalue weighted by atomic mass is 35.5. The Morgan fingerprint density at radius 1 is 1.21 bits per heavy atom. The fourth-order valence-electron chi connectivity index (χ4n) is 2.63. The van der Waals surface area contributed by atoms with Crippen LogP contribution in [-0.2, 0) is 21.3 Å². The molecular weight excluding hydrogens is 350 g/mol. The van der Waals surface area contributed by atoms with Crippen molar-refractivity contribution in [3.05, 3.63) is 29.8 Å². The van der Waals surface area contributed by atoms with Crippen molar-refractivity contribution in [1.29, 1.82) is 0 Å². The molecule has 0 saturated carbocycles. The number of anilines is 1. The predicted molar refractivity (Wildman–Crippen MR) is 99.8 cm³/mol. The monoisotopic (exact) mass is 377 g/mol. The van der Waals surface area contributed by atoms with Crippen molar-refractivity contribution in [2.75, 3.05) is 44.3 Å². The fourth-order valence-corrected chi connectivity index (χ4v) is 3.92. The molecule has 24 heavy (non-hydrogen) atoms. The van der Waals surface area contributed by atoms with E-state index in [0.717, 1.165) is 30.9 Å². The van der Waals surface area contributed by atoms with E-state index in [1.807, 2.05) is 38.1 Å². The highest BCUT2D eigenvalue weighted by molar-refractivity contribution is 7.89. The van der Waals surface area contributed by atoms with E-state index in [-0.39, 0.29) is 30.9 Å². The van der Waals surface area contributed by atoms with Crippen LogP contribution in [0, 0.1) is 0 Å². The Morgan fingerprint density at radius 2 is 1.88 bits per heavy atom. The van der Waals surface area contributed by atoms with Crippen molar-refractivity contribution in [3.8, 4) is 0 Å². The summed E-state index contributed by atoms with van der Waals surface area (Å²) >= 11 is 0. The lowest BCUT2D eigenvalue weighted by Gasteiger charge is -2.34. The van der Waals surface area contributed by atoms with Crippen LogP contribution in [0.1, 0.15) is 19.4 Å². The minimum absolute atomic E-state index is 0. The van der Waals surface area contributed by atoms with Crippen molar-refractivity contribution >= 4 is 28.1 Å². The zero-order chi connectivity index (χ0) is 16.9. The first kappa shape index (κ1) is 21.2. The Bertz CT molecular complexity index is 602. The van der Waals surface area contributed by atoms with Gasteiger partial charge < -0.3 is 10.5 Å². The molecule has 138 valence electrons. The lowest BCUT2D eigenvalue weighted by atomic mass is 10.2. The van der Waals surface area contributed by atoms with Crippen molar-refractivity contribution in [1.82, 2.24) is 9.21 Å². The average Bonchev–Trinajstić information content (AvgIpc) is 2.47. The number of hydrogen-bond acceptors (Lipinski definition) is 5. The zero-order valence-electron chi connectivity index (χ0n) is 14.3. The first-order valence-electron chi connectivity index (χ1n) is 8.03. The predicted octanol–water partition coefficient (Wildman–Crippen LogP) is 1.56. The molecule has 6 nitrogen and oxygen atoms in total. The quantitative estimate of drug-likeness (QED) is 0.730. The van der Waals surface area contributed by atoms with Crippen LogP contribution in [0.3, 0.4) is 0 Å². The van der Waals surface area contributed by atoms with Gasteiger partial charge in [-0.2, -0.15) is 4.31 Å². The maximum absolute atomic E-state index is 12.3. The van der Waals surface area contributed by atoms with Crippen LogP contribution >= 0.6 is 12.4 Å². The Labute approximate surface area is 151 Å². The molecule has 0 aliphatic carbocycles. The number of halogens is 1. The van der Waals surface area contributed by atoms with E-state index in [4.69, 9.17) is 10.5 Å². The first-order valence-corrected chi connectivity index (χ1v) is 9.64. The van der Waals surface area contributed by atoms with Crippen molar-refractivity contribution in [3.63, 3.8) is 0 Å². The van der Waals surface area contributed by atoms with Crippen LogP contribution in [0.4, 0.5) is 5.69 Å². The third-order valence-corrected chi connectivity index (χ3v) is 5.71. The van der Waals surface area contributed by atoms with E-state index >= 15 is 0 Å². The summed E-state index contributed by atoms with van der Waals surface area (Å²) in [5.41, 5.74) is 7.71. The third-order valence-electron chi connectivity index (χ3n) is 3.87. The molecule has 1 aromatic rings. The molecule has 2 N–H and O–H groups in total. The van der Waals surface area contributed by atoms with Gasteiger partial charge in [0.25, 0.3) is 0 Å². The lowest BCUT2D eigenvalue weighted by Crippen LogP contribution is -2.49. The van der Waals surface area contributed by atoms with Gasteiger partial charge in [0.15, 0.2) is 0 Å². The molecule has 1 aliphatic heterocycles. The van der Waals surface area contributed by atoms with Gasteiger partial charge in [-0.1, -0.05) is 12.1 Å². The number of hydrogen-bond donors (Lipinski definition) is 1. The second-order valence-corrected chi connectivity index (χ2v) is 8.24. The van der Waals surface area contributed by atoms with Crippen molar-refractivity contribution in [2.24, 2.45) is 0 Å². The first-order chi connectivity index (χ1) is 10.9. The molecule has 0 spiro atoms. The van der Waals surface area contributed by atoms with Crippen molar-refractivity contribution in [2.45, 2.75) is 26.5 Å². The number of sulfonamides is 1. The van der Waals surface area contributed by atoms with Crippen LogP contribution in [0.15, 0.2) is 24.3 Å². The largest absolute Gasteiger partial charge is 0.399 e. The molecule has 2 rings (SSSR count). The zero-order valence-corrected chi connectivity index (χ0v) is 16.0. The van der Waals surface area contributed by atoms with Crippen LogP contribution in [0.5, 0.6) is 0 Å². The van der Waals surface area contributed by atoms with E-state index in [1.54, 1.807) is 4.31 Å². The molecule has 0 amide bonds. The number of benzene rings is 1. The molecule has 8 heteroatoms. The Kier molecular flexibility index (Phi) is 8.45. The number of nitrogen functional groups attached to an aromatic ring is 1. The van der Waals surface area contributed by atoms with Gasteiger partial charge >= 0.3 is 0 Å². The number of rotatable bonds is 7. The summed E-state index contributed by atoms with van der Waals surface area (Å²) in [7, 11) is -3.22. The summed E-state index contributed by atoms with van der Waals surface area (Å²) < 4.78 is 31.5. The van der Waals surface area contributed by atoms with E-state index in [1.165, 1.54) is 0 Å². The number of piperazine rings is 1. The van der Waals surface area contributed by atoms with E-state index in [0.29, 0.717) is 13.1 Å². The topological polar surface area (TPSA) is 75.9 Å². The van der Waals surface area contributed by atoms with Gasteiger partial charge in [0.2, 0.25) is 10.0 Å². The summed E-state index contributed by atoms with van der Waals surface area (Å²) in [6, 6.07) is 7.82. The maximum atomic E-state index is 12.3. The Balaban J connectivity index is 0.00000288. The van der Waals surface area contributed by atoms with Crippen molar-refractivity contribution < 1.29 is 13.2 Å². The van der Waals surface area contributed by atoms with E-state index in [9.17, 15) is 8.42 Å². The standard InChI is InChI=1S/C16H27N3O3S.ClH/c1-14(2)22-10-11-23(20,21)19-8-6-18(7-9-19)13-15-4-3-5-16(17)12-15;/h3-5,12,14H,6-11,13,17H2,1-2H3;1H. The summed E-state index contributed by atoms with van der Waals surface area (Å²) in [4.78, 5) is 2.26. The highest BCUT2D eigenvalue weighted by Gasteiger charge is 2.26. The van der Waals surface area contributed by atoms with Gasteiger partial charge in [0.1, 0.15) is 0 Å². The number of nitrogens with two attached hydrogens (primary N) is 1. The minimum atomic E-state index is -3.22. The molecule has 1 aromatic carbocycles. The van der Waals surface area contributed by atoms with Gasteiger partial charge in [-0.05, 0) is 31.5 Å². The van der Waals surface area contributed by atoms with E-state index < -0.39 is 10.0 Å². The summed E-state index contributed by atoms with van der Waals surface area (Å²) in [5.74, 6) is 0.0560. The normalized spacial score (nSPS) is 17.0. The molecule has 0 unspecified atom stereocenters. The molecule has 1 aliphatic rings. The van der Waals surface area contributed by atoms with Crippen LogP contribution in [-0.4, -0.2) is 62.3 Å². The molecule has 1 fully saturated rings. The van der Waals surface area contributed by atoms with Gasteiger partial charge in [0, 0.05) is 38.4 Å². The molecular formula is C16H28ClN3O3S. The molecule has 0 atom stereocenters. The second-order valence-electron chi connectivity index (χ2n) is 6.16. The number of ether oxygens (including phenoxy) is 1. The van der Waals surface area contributed by atoms with Crippen LogP contribution < -0.4 is 5.73 Å². The second kappa shape index (κ2) is 9.58. The number of nitrogens with zero attached hydrogens (tertiary/aromatic N) is 2. The molecule has 0 aromatic heterocycles. The summed E-state index contributed by atoms with van der Waals surface area (Å²) in [6.45, 7) is 7.40. The highest BCUT2D eigenvalue weighted by Crippen LogP contribution is 2.13. The van der Waals surface area contributed by atoms with E-state index in [2.05, 4.69) is 4.90 Å². The molecule has 0 bridgehead atoms. The fraction of sp³-hybridized carbons (Fsp3) is 0.625. The van der Waals surface area contributed by atoms with Crippen LogP contribution in [0.25, 0.3) is 0 Å². The molecule has 1 heterocycles. The third kappa shape index (κ3) is 6.57. The maximum Gasteiger partial charge on any atom is 0.216 e. The Morgan fingerprint density at radius 3 is 2.46 bits per heavy atom. The molecule has 1 saturated heterocycles. The Hall–Kier alpha value is -0.860. The van der Waals surface area contributed by atoms with Gasteiger partial charge in [-0.25, -0.2) is 8.42 Å². The SMILES string of the molecule is CC(C)OCCS(=O)(=O)N1CCN(Cc2cccc(N)c2)CC1.Cl. The average molecular weight is 378 g/mol. The lowest BCUT2D eigenvalue weighted by molar-refractivity contribution is 0.0902.